The van der Waals surface area contributed by atoms with Gasteiger partial charge in [0.05, 0.1) is 11.4 Å². The average molecular weight is 286 g/mol. The van der Waals surface area contributed by atoms with E-state index in [1.807, 2.05) is 18.2 Å². The number of rotatable bonds is 4. The van der Waals surface area contributed by atoms with E-state index in [-0.39, 0.29) is 11.3 Å². The van der Waals surface area contributed by atoms with Crippen LogP contribution in [0, 0.1) is 5.41 Å². The van der Waals surface area contributed by atoms with Gasteiger partial charge in [0.25, 0.3) is 5.91 Å². The number of nitrogens with zero attached hydrogens (tertiary/aromatic N) is 2. The summed E-state index contributed by atoms with van der Waals surface area (Å²) in [6, 6.07) is 9.11. The Morgan fingerprint density at radius 1 is 1.29 bits per heavy atom. The lowest BCUT2D eigenvalue weighted by atomic mass is 9.92. The minimum absolute atomic E-state index is 0.160. The SMILES string of the molecule is CC(C)(C)CCNC(=O)c1ccn(-c2ccccc2N)n1. The highest BCUT2D eigenvalue weighted by molar-refractivity contribution is 5.92. The molecule has 112 valence electrons. The number of para-hydroxylation sites is 2. The topological polar surface area (TPSA) is 72.9 Å². The number of hydrogen-bond donors (Lipinski definition) is 2. The number of carbonyl (C=O) groups excluding carboxylic acids is 1. The second-order valence-electron chi connectivity index (χ2n) is 6.27. The first-order valence-electron chi connectivity index (χ1n) is 7.05. The van der Waals surface area contributed by atoms with Gasteiger partial charge in [0.2, 0.25) is 0 Å². The van der Waals surface area contributed by atoms with E-state index in [2.05, 4.69) is 31.2 Å². The molecule has 1 amide bonds. The summed E-state index contributed by atoms with van der Waals surface area (Å²) in [6.45, 7) is 7.08. The van der Waals surface area contributed by atoms with Crippen molar-refractivity contribution in [2.24, 2.45) is 5.41 Å². The first kappa shape index (κ1) is 15.1. The molecule has 0 saturated heterocycles. The molecule has 0 aliphatic carbocycles. The molecule has 0 fully saturated rings. The summed E-state index contributed by atoms with van der Waals surface area (Å²) in [4.78, 5) is 12.0. The zero-order chi connectivity index (χ0) is 15.5. The third kappa shape index (κ3) is 4.08. The van der Waals surface area contributed by atoms with E-state index in [9.17, 15) is 4.79 Å². The first-order valence-corrected chi connectivity index (χ1v) is 7.05. The molecule has 0 spiro atoms. The standard InChI is InChI=1S/C16H22N4O/c1-16(2,3)9-10-18-15(21)13-8-11-20(19-13)14-7-5-4-6-12(14)17/h4-8,11H,9-10,17H2,1-3H3,(H,18,21). The number of nitrogen functional groups attached to an aromatic ring is 1. The van der Waals surface area contributed by atoms with Crippen LogP contribution in [0.1, 0.15) is 37.7 Å². The maximum absolute atomic E-state index is 12.0. The molecular formula is C16H22N4O. The van der Waals surface area contributed by atoms with Crippen molar-refractivity contribution in [3.63, 3.8) is 0 Å². The zero-order valence-corrected chi connectivity index (χ0v) is 12.8. The van der Waals surface area contributed by atoms with Crippen LogP contribution in [-0.2, 0) is 0 Å². The van der Waals surface area contributed by atoms with E-state index in [4.69, 9.17) is 5.73 Å². The Morgan fingerprint density at radius 3 is 2.67 bits per heavy atom. The smallest absolute Gasteiger partial charge is 0.271 e. The Morgan fingerprint density at radius 2 is 2.00 bits per heavy atom. The Hall–Kier alpha value is -2.30. The van der Waals surface area contributed by atoms with Crippen molar-refractivity contribution < 1.29 is 4.79 Å². The van der Waals surface area contributed by atoms with Crippen LogP contribution in [0.15, 0.2) is 36.5 Å². The summed E-state index contributed by atoms with van der Waals surface area (Å²) in [6.07, 6.45) is 2.66. The Kier molecular flexibility index (Phi) is 4.31. The van der Waals surface area contributed by atoms with E-state index in [0.29, 0.717) is 17.9 Å². The third-order valence-corrected chi connectivity index (χ3v) is 3.17. The fraction of sp³-hybridized carbons (Fsp3) is 0.375. The number of anilines is 1. The van der Waals surface area contributed by atoms with E-state index in [1.165, 1.54) is 0 Å². The lowest BCUT2D eigenvalue weighted by molar-refractivity contribution is 0.0944. The van der Waals surface area contributed by atoms with Crippen LogP contribution >= 0.6 is 0 Å². The molecule has 1 aromatic carbocycles. The van der Waals surface area contributed by atoms with Gasteiger partial charge in [-0.05, 0) is 30.0 Å². The van der Waals surface area contributed by atoms with Crippen molar-refractivity contribution in [3.05, 3.63) is 42.2 Å². The van der Waals surface area contributed by atoms with Crippen LogP contribution < -0.4 is 11.1 Å². The maximum atomic E-state index is 12.0. The van der Waals surface area contributed by atoms with Crippen molar-refractivity contribution in [1.29, 1.82) is 0 Å². The van der Waals surface area contributed by atoms with Gasteiger partial charge in [0, 0.05) is 12.7 Å². The molecule has 5 heteroatoms. The molecule has 1 heterocycles. The Bertz CT molecular complexity index is 625. The van der Waals surface area contributed by atoms with Crippen LogP contribution in [0.3, 0.4) is 0 Å². The summed E-state index contributed by atoms with van der Waals surface area (Å²) in [5.74, 6) is -0.160. The van der Waals surface area contributed by atoms with E-state index < -0.39 is 0 Å². The molecule has 0 radical (unpaired) electrons. The van der Waals surface area contributed by atoms with Crippen molar-refractivity contribution >= 4 is 11.6 Å². The lowest BCUT2D eigenvalue weighted by Crippen LogP contribution is -2.27. The largest absolute Gasteiger partial charge is 0.397 e. The first-order chi connectivity index (χ1) is 9.87. The molecular weight excluding hydrogens is 264 g/mol. The Balaban J connectivity index is 2.03. The molecule has 0 atom stereocenters. The van der Waals surface area contributed by atoms with Gasteiger partial charge in [-0.2, -0.15) is 5.10 Å². The highest BCUT2D eigenvalue weighted by Crippen LogP contribution is 2.17. The fourth-order valence-corrected chi connectivity index (χ4v) is 1.92. The molecule has 0 unspecified atom stereocenters. The van der Waals surface area contributed by atoms with Gasteiger partial charge in [-0.3, -0.25) is 4.79 Å². The summed E-state index contributed by atoms with van der Waals surface area (Å²) in [5, 5.41) is 7.17. The molecule has 2 rings (SSSR count). The predicted octanol–water partition coefficient (Wildman–Crippen LogP) is 2.62. The van der Waals surface area contributed by atoms with E-state index >= 15 is 0 Å². The Labute approximate surface area is 125 Å². The van der Waals surface area contributed by atoms with Gasteiger partial charge in [-0.15, -0.1) is 0 Å². The van der Waals surface area contributed by atoms with Crippen LogP contribution in [0.4, 0.5) is 5.69 Å². The van der Waals surface area contributed by atoms with Crippen LogP contribution in [0.25, 0.3) is 5.69 Å². The number of benzene rings is 1. The normalized spacial score (nSPS) is 11.4. The zero-order valence-electron chi connectivity index (χ0n) is 12.8. The number of nitrogens with two attached hydrogens (primary N) is 1. The van der Waals surface area contributed by atoms with Gasteiger partial charge in [-0.1, -0.05) is 32.9 Å². The summed E-state index contributed by atoms with van der Waals surface area (Å²) < 4.78 is 1.62. The highest BCUT2D eigenvalue weighted by atomic mass is 16.1. The molecule has 0 bridgehead atoms. The monoisotopic (exact) mass is 286 g/mol. The number of aromatic nitrogens is 2. The molecule has 5 nitrogen and oxygen atoms in total. The fourth-order valence-electron chi connectivity index (χ4n) is 1.92. The van der Waals surface area contributed by atoms with Gasteiger partial charge < -0.3 is 11.1 Å². The van der Waals surface area contributed by atoms with Gasteiger partial charge in [0.15, 0.2) is 5.69 Å². The minimum atomic E-state index is -0.160. The summed E-state index contributed by atoms with van der Waals surface area (Å²) >= 11 is 0. The molecule has 0 saturated carbocycles. The summed E-state index contributed by atoms with van der Waals surface area (Å²) in [5.41, 5.74) is 7.89. The number of nitrogens with one attached hydrogen (secondary N) is 1. The predicted molar refractivity (Wildman–Crippen MR) is 84.4 cm³/mol. The quantitative estimate of drug-likeness (QED) is 0.849. The molecule has 1 aromatic heterocycles. The van der Waals surface area contributed by atoms with Gasteiger partial charge in [-0.25, -0.2) is 4.68 Å². The van der Waals surface area contributed by atoms with Crippen molar-refractivity contribution in [1.82, 2.24) is 15.1 Å². The molecule has 0 aliphatic heterocycles. The second kappa shape index (κ2) is 5.99. The molecule has 21 heavy (non-hydrogen) atoms. The van der Waals surface area contributed by atoms with Crippen molar-refractivity contribution in [2.45, 2.75) is 27.2 Å². The molecule has 0 aliphatic rings. The number of amides is 1. The average Bonchev–Trinajstić information content (AvgIpc) is 2.87. The minimum Gasteiger partial charge on any atom is -0.397 e. The number of hydrogen-bond acceptors (Lipinski definition) is 3. The lowest BCUT2D eigenvalue weighted by Gasteiger charge is -2.17. The van der Waals surface area contributed by atoms with E-state index in [1.54, 1.807) is 23.0 Å². The van der Waals surface area contributed by atoms with Crippen LogP contribution in [-0.4, -0.2) is 22.2 Å². The molecule has 3 N–H and O–H groups in total. The highest BCUT2D eigenvalue weighted by Gasteiger charge is 2.13. The second-order valence-corrected chi connectivity index (χ2v) is 6.27. The van der Waals surface area contributed by atoms with Crippen molar-refractivity contribution in [2.75, 3.05) is 12.3 Å². The maximum Gasteiger partial charge on any atom is 0.271 e. The van der Waals surface area contributed by atoms with E-state index in [0.717, 1.165) is 12.1 Å². The van der Waals surface area contributed by atoms with Crippen molar-refractivity contribution in [3.8, 4) is 5.69 Å². The van der Waals surface area contributed by atoms with Gasteiger partial charge >= 0.3 is 0 Å². The van der Waals surface area contributed by atoms with Gasteiger partial charge in [0.1, 0.15) is 0 Å². The number of carbonyl (C=O) groups is 1. The third-order valence-electron chi connectivity index (χ3n) is 3.17. The van der Waals surface area contributed by atoms with Crippen LogP contribution in [0.5, 0.6) is 0 Å². The summed E-state index contributed by atoms with van der Waals surface area (Å²) in [7, 11) is 0. The molecule has 2 aromatic rings. The van der Waals surface area contributed by atoms with Crippen LogP contribution in [0.2, 0.25) is 0 Å².